The Morgan fingerprint density at radius 2 is 1.43 bits per heavy atom. The average Bonchev–Trinajstić information content (AvgIpc) is 2.80. The molecule has 4 rings (SSSR count). The van der Waals surface area contributed by atoms with Crippen molar-refractivity contribution in [3.63, 3.8) is 0 Å². The van der Waals surface area contributed by atoms with E-state index in [0.717, 1.165) is 28.0 Å². The molecule has 5 nitrogen and oxygen atoms in total. The fourth-order valence-electron chi connectivity index (χ4n) is 3.68. The Kier molecular flexibility index (Phi) is 5.44. The Labute approximate surface area is 175 Å². The molecule has 5 heteroatoms. The lowest BCUT2D eigenvalue weighted by atomic mass is 10.0. The van der Waals surface area contributed by atoms with Crippen LogP contribution < -0.4 is 19.8 Å². The Bertz CT molecular complexity index is 1220. The van der Waals surface area contributed by atoms with Gasteiger partial charge in [0.05, 0.1) is 39.1 Å². The molecular formula is C25H23NO4. The standard InChI is InChI=1S/C25H23NO4/c1-28-19-13-11-17(12-14-19)16-26-21(15-18-7-4-5-8-20(18)25(26)27)24-22(29-2)9-6-10-23(24)30-3/h4-15H,16H2,1-3H3. The Morgan fingerprint density at radius 3 is 2.07 bits per heavy atom. The number of ether oxygens (including phenoxy) is 3. The average molecular weight is 401 g/mol. The molecule has 152 valence electrons. The van der Waals surface area contributed by atoms with Gasteiger partial charge in [-0.2, -0.15) is 0 Å². The topological polar surface area (TPSA) is 49.7 Å². The Morgan fingerprint density at radius 1 is 0.767 bits per heavy atom. The van der Waals surface area contributed by atoms with Gasteiger partial charge in [-0.1, -0.05) is 36.4 Å². The van der Waals surface area contributed by atoms with Crippen molar-refractivity contribution in [1.29, 1.82) is 0 Å². The van der Waals surface area contributed by atoms with E-state index in [1.807, 2.05) is 72.8 Å². The van der Waals surface area contributed by atoms with Crippen LogP contribution in [0, 0.1) is 0 Å². The lowest BCUT2D eigenvalue weighted by molar-refractivity contribution is 0.396. The molecule has 0 aliphatic carbocycles. The molecular weight excluding hydrogens is 378 g/mol. The van der Waals surface area contributed by atoms with Gasteiger partial charge >= 0.3 is 0 Å². The van der Waals surface area contributed by atoms with Crippen LogP contribution in [-0.4, -0.2) is 25.9 Å². The van der Waals surface area contributed by atoms with Crippen LogP contribution in [0.2, 0.25) is 0 Å². The molecule has 0 aliphatic heterocycles. The maximum atomic E-state index is 13.5. The number of pyridine rings is 1. The number of hydrogen-bond donors (Lipinski definition) is 0. The van der Waals surface area contributed by atoms with Crippen molar-refractivity contribution in [3.05, 3.63) is 88.7 Å². The van der Waals surface area contributed by atoms with E-state index in [1.54, 1.807) is 25.9 Å². The highest BCUT2D eigenvalue weighted by Gasteiger charge is 2.19. The molecule has 0 aliphatic rings. The van der Waals surface area contributed by atoms with Gasteiger partial charge in [-0.05, 0) is 47.3 Å². The smallest absolute Gasteiger partial charge is 0.259 e. The molecule has 0 fully saturated rings. The quantitative estimate of drug-likeness (QED) is 0.468. The van der Waals surface area contributed by atoms with Gasteiger partial charge in [-0.3, -0.25) is 4.79 Å². The Balaban J connectivity index is 1.99. The predicted molar refractivity (Wildman–Crippen MR) is 119 cm³/mol. The number of hydrogen-bond acceptors (Lipinski definition) is 4. The number of nitrogens with zero attached hydrogens (tertiary/aromatic N) is 1. The molecule has 0 spiro atoms. The highest BCUT2D eigenvalue weighted by molar-refractivity contribution is 5.87. The van der Waals surface area contributed by atoms with Crippen LogP contribution in [0.4, 0.5) is 0 Å². The van der Waals surface area contributed by atoms with Crippen molar-refractivity contribution >= 4 is 10.8 Å². The molecule has 0 saturated heterocycles. The van der Waals surface area contributed by atoms with Gasteiger partial charge in [0.25, 0.3) is 5.56 Å². The zero-order valence-corrected chi connectivity index (χ0v) is 17.2. The first-order valence-electron chi connectivity index (χ1n) is 9.63. The zero-order chi connectivity index (χ0) is 21.1. The summed E-state index contributed by atoms with van der Waals surface area (Å²) in [7, 11) is 4.87. The maximum Gasteiger partial charge on any atom is 0.259 e. The highest BCUT2D eigenvalue weighted by atomic mass is 16.5. The molecule has 30 heavy (non-hydrogen) atoms. The van der Waals surface area contributed by atoms with E-state index in [4.69, 9.17) is 14.2 Å². The fourth-order valence-corrected chi connectivity index (χ4v) is 3.68. The molecule has 0 atom stereocenters. The van der Waals surface area contributed by atoms with Crippen molar-refractivity contribution < 1.29 is 14.2 Å². The van der Waals surface area contributed by atoms with Gasteiger partial charge in [0.15, 0.2) is 0 Å². The van der Waals surface area contributed by atoms with Gasteiger partial charge in [-0.15, -0.1) is 0 Å². The van der Waals surface area contributed by atoms with E-state index in [2.05, 4.69) is 0 Å². The molecule has 0 saturated carbocycles. The van der Waals surface area contributed by atoms with Crippen LogP contribution in [0.25, 0.3) is 22.0 Å². The van der Waals surface area contributed by atoms with Gasteiger partial charge in [0, 0.05) is 5.39 Å². The van der Waals surface area contributed by atoms with Crippen molar-refractivity contribution in [2.45, 2.75) is 6.54 Å². The zero-order valence-electron chi connectivity index (χ0n) is 17.2. The molecule has 1 aromatic heterocycles. The summed E-state index contributed by atoms with van der Waals surface area (Å²) in [5.41, 5.74) is 2.41. The lowest BCUT2D eigenvalue weighted by Crippen LogP contribution is -2.23. The summed E-state index contributed by atoms with van der Waals surface area (Å²) in [6.45, 7) is 0.407. The summed E-state index contributed by atoms with van der Waals surface area (Å²) < 4.78 is 18.3. The second-order valence-electron chi connectivity index (χ2n) is 6.89. The number of methoxy groups -OCH3 is 3. The molecule has 1 heterocycles. The Hall–Kier alpha value is -3.73. The van der Waals surface area contributed by atoms with Crippen LogP contribution in [0.3, 0.4) is 0 Å². The minimum absolute atomic E-state index is 0.0631. The molecule has 0 radical (unpaired) electrons. The monoisotopic (exact) mass is 401 g/mol. The fraction of sp³-hybridized carbons (Fsp3) is 0.160. The van der Waals surface area contributed by atoms with Crippen molar-refractivity contribution in [1.82, 2.24) is 4.57 Å². The van der Waals surface area contributed by atoms with E-state index in [9.17, 15) is 4.79 Å². The summed E-state index contributed by atoms with van der Waals surface area (Å²) in [4.78, 5) is 13.5. The van der Waals surface area contributed by atoms with Crippen molar-refractivity contribution in [2.75, 3.05) is 21.3 Å². The largest absolute Gasteiger partial charge is 0.497 e. The van der Waals surface area contributed by atoms with Crippen LogP contribution in [0.1, 0.15) is 5.56 Å². The van der Waals surface area contributed by atoms with Crippen molar-refractivity contribution in [3.8, 4) is 28.5 Å². The molecule has 0 bridgehead atoms. The van der Waals surface area contributed by atoms with Crippen LogP contribution in [0.15, 0.2) is 77.6 Å². The molecule has 0 N–H and O–H groups in total. The van der Waals surface area contributed by atoms with E-state index in [1.165, 1.54) is 0 Å². The second-order valence-corrected chi connectivity index (χ2v) is 6.89. The molecule has 3 aromatic carbocycles. The summed E-state index contributed by atoms with van der Waals surface area (Å²) >= 11 is 0. The van der Waals surface area contributed by atoms with Gasteiger partial charge in [0.1, 0.15) is 17.2 Å². The molecule has 0 amide bonds. The molecule has 0 unspecified atom stereocenters. The minimum Gasteiger partial charge on any atom is -0.497 e. The maximum absolute atomic E-state index is 13.5. The third kappa shape index (κ3) is 3.50. The van der Waals surface area contributed by atoms with Crippen molar-refractivity contribution in [2.24, 2.45) is 0 Å². The first kappa shape index (κ1) is 19.6. The van der Waals surface area contributed by atoms with E-state index in [0.29, 0.717) is 23.4 Å². The minimum atomic E-state index is -0.0631. The van der Waals surface area contributed by atoms with Gasteiger partial charge < -0.3 is 18.8 Å². The summed E-state index contributed by atoms with van der Waals surface area (Å²) in [5.74, 6) is 2.07. The second kappa shape index (κ2) is 8.33. The van der Waals surface area contributed by atoms with E-state index < -0.39 is 0 Å². The summed E-state index contributed by atoms with van der Waals surface area (Å²) in [5, 5.41) is 1.54. The normalized spacial score (nSPS) is 10.8. The highest BCUT2D eigenvalue weighted by Crippen LogP contribution is 2.38. The van der Waals surface area contributed by atoms with Gasteiger partial charge in [0.2, 0.25) is 0 Å². The predicted octanol–water partition coefficient (Wildman–Crippen LogP) is 4.74. The summed E-state index contributed by atoms with van der Waals surface area (Å²) in [6, 6.07) is 22.9. The third-order valence-corrected chi connectivity index (χ3v) is 5.20. The van der Waals surface area contributed by atoms with Crippen LogP contribution >= 0.6 is 0 Å². The summed E-state index contributed by atoms with van der Waals surface area (Å²) in [6.07, 6.45) is 0. The number of aromatic nitrogens is 1. The first-order chi connectivity index (χ1) is 14.7. The third-order valence-electron chi connectivity index (χ3n) is 5.20. The van der Waals surface area contributed by atoms with E-state index >= 15 is 0 Å². The lowest BCUT2D eigenvalue weighted by Gasteiger charge is -2.19. The molecule has 4 aromatic rings. The van der Waals surface area contributed by atoms with Crippen LogP contribution in [0.5, 0.6) is 17.2 Å². The van der Waals surface area contributed by atoms with E-state index in [-0.39, 0.29) is 5.56 Å². The number of rotatable bonds is 6. The SMILES string of the molecule is COc1ccc(Cn2c(-c3c(OC)cccc3OC)cc3ccccc3c2=O)cc1. The van der Waals surface area contributed by atoms with Crippen LogP contribution in [-0.2, 0) is 6.54 Å². The number of benzene rings is 3. The van der Waals surface area contributed by atoms with Gasteiger partial charge in [-0.25, -0.2) is 0 Å². The first-order valence-corrected chi connectivity index (χ1v) is 9.63. The number of fused-ring (bicyclic) bond motifs is 1.